The van der Waals surface area contributed by atoms with Crippen LogP contribution in [0.5, 0.6) is 0 Å². The van der Waals surface area contributed by atoms with E-state index in [4.69, 9.17) is 5.26 Å². The van der Waals surface area contributed by atoms with Crippen LogP contribution in [0.2, 0.25) is 0 Å². The van der Waals surface area contributed by atoms with Crippen molar-refractivity contribution in [2.24, 2.45) is 0 Å². The van der Waals surface area contributed by atoms with Crippen molar-refractivity contribution < 1.29 is 0 Å². The van der Waals surface area contributed by atoms with E-state index in [2.05, 4.69) is 21.6 Å². The molecule has 1 aromatic heterocycles. The Labute approximate surface area is 122 Å². The first-order chi connectivity index (χ1) is 10.4. The predicted molar refractivity (Wildman–Crippen MR) is 80.4 cm³/mol. The van der Waals surface area contributed by atoms with Crippen LogP contribution in [0.25, 0.3) is 5.69 Å². The second-order valence-corrected chi connectivity index (χ2v) is 4.44. The number of nitrogens with one attached hydrogen (secondary N) is 1. The summed E-state index contributed by atoms with van der Waals surface area (Å²) >= 11 is 0. The Hall–Kier alpha value is -3.13. The third-order valence-electron chi connectivity index (χ3n) is 3.01. The highest BCUT2D eigenvalue weighted by Gasteiger charge is 2.13. The highest BCUT2D eigenvalue weighted by atomic mass is 15.4. The molecule has 2 aromatic carbocycles. The van der Waals surface area contributed by atoms with Crippen molar-refractivity contribution in [3.63, 3.8) is 0 Å². The molecule has 0 unspecified atom stereocenters. The first kappa shape index (κ1) is 12.9. The first-order valence-corrected chi connectivity index (χ1v) is 6.57. The van der Waals surface area contributed by atoms with Crippen molar-refractivity contribution >= 4 is 11.6 Å². The fraction of sp³-hybridized carbons (Fsp3) is 0.0625. The van der Waals surface area contributed by atoms with Gasteiger partial charge in [-0.15, -0.1) is 10.2 Å². The molecule has 0 saturated heterocycles. The van der Waals surface area contributed by atoms with Gasteiger partial charge in [0.15, 0.2) is 5.82 Å². The lowest BCUT2D eigenvalue weighted by Gasteiger charge is -2.10. The first-order valence-electron chi connectivity index (χ1n) is 6.57. The molecule has 0 aliphatic heterocycles. The zero-order valence-electron chi connectivity index (χ0n) is 11.3. The van der Waals surface area contributed by atoms with E-state index in [1.165, 1.54) is 0 Å². The molecular weight excluding hydrogens is 262 g/mol. The lowest BCUT2D eigenvalue weighted by Crippen LogP contribution is -2.05. The van der Waals surface area contributed by atoms with Crippen LogP contribution < -0.4 is 5.32 Å². The van der Waals surface area contributed by atoms with Crippen LogP contribution in [0.1, 0.15) is 5.82 Å². The van der Waals surface area contributed by atoms with E-state index in [1.807, 2.05) is 65.2 Å². The lowest BCUT2D eigenvalue weighted by atomic mass is 10.3. The van der Waals surface area contributed by atoms with Crippen LogP contribution in [-0.4, -0.2) is 14.8 Å². The van der Waals surface area contributed by atoms with Gasteiger partial charge in [-0.3, -0.25) is 4.57 Å². The predicted octanol–water partition coefficient (Wildman–Crippen LogP) is 3.08. The topological polar surface area (TPSA) is 66.5 Å². The van der Waals surface area contributed by atoms with E-state index in [0.717, 1.165) is 11.4 Å². The molecule has 21 heavy (non-hydrogen) atoms. The molecule has 0 atom stereocenters. The van der Waals surface area contributed by atoms with Crippen LogP contribution in [-0.2, 0) is 6.42 Å². The minimum atomic E-state index is 0.207. The summed E-state index contributed by atoms with van der Waals surface area (Å²) in [6, 6.07) is 21.6. The average Bonchev–Trinajstić information content (AvgIpc) is 2.92. The Morgan fingerprint density at radius 2 is 1.62 bits per heavy atom. The van der Waals surface area contributed by atoms with E-state index in [0.29, 0.717) is 11.8 Å². The van der Waals surface area contributed by atoms with Crippen LogP contribution in [0.4, 0.5) is 11.6 Å². The van der Waals surface area contributed by atoms with Gasteiger partial charge < -0.3 is 5.32 Å². The zero-order chi connectivity index (χ0) is 14.5. The standard InChI is InChI=1S/C16H13N5/c17-12-11-15-19-20-16(18-13-7-3-1-4-8-13)21(15)14-9-5-2-6-10-14/h1-10H,11H2,(H,18,20). The summed E-state index contributed by atoms with van der Waals surface area (Å²) in [6.45, 7) is 0. The number of anilines is 2. The minimum Gasteiger partial charge on any atom is -0.324 e. The van der Waals surface area contributed by atoms with Crippen molar-refractivity contribution in [1.82, 2.24) is 14.8 Å². The molecule has 0 aliphatic rings. The van der Waals surface area contributed by atoms with E-state index in [1.54, 1.807) is 0 Å². The molecule has 0 aliphatic carbocycles. The lowest BCUT2D eigenvalue weighted by molar-refractivity contribution is 0.927. The molecule has 3 aromatic rings. The Kier molecular flexibility index (Phi) is 3.61. The zero-order valence-corrected chi connectivity index (χ0v) is 11.3. The number of hydrogen-bond acceptors (Lipinski definition) is 4. The molecular formula is C16H13N5. The molecule has 0 amide bonds. The van der Waals surface area contributed by atoms with Gasteiger partial charge in [-0.05, 0) is 24.3 Å². The van der Waals surface area contributed by atoms with Crippen LogP contribution in [0, 0.1) is 11.3 Å². The molecule has 0 saturated carbocycles. The second-order valence-electron chi connectivity index (χ2n) is 4.44. The summed E-state index contributed by atoms with van der Waals surface area (Å²) in [5.74, 6) is 1.21. The van der Waals surface area contributed by atoms with Gasteiger partial charge in [-0.1, -0.05) is 36.4 Å². The molecule has 5 nitrogen and oxygen atoms in total. The van der Waals surface area contributed by atoms with E-state index < -0.39 is 0 Å². The SMILES string of the molecule is N#CCc1nnc(Nc2ccccc2)n1-c1ccccc1. The smallest absolute Gasteiger partial charge is 0.233 e. The quantitative estimate of drug-likeness (QED) is 0.794. The van der Waals surface area contributed by atoms with Crippen molar-refractivity contribution in [2.75, 3.05) is 5.32 Å². The molecule has 0 fully saturated rings. The molecule has 1 N–H and O–H groups in total. The number of benzene rings is 2. The molecule has 0 spiro atoms. The fourth-order valence-corrected chi connectivity index (χ4v) is 2.08. The Morgan fingerprint density at radius 3 is 2.29 bits per heavy atom. The van der Waals surface area contributed by atoms with Gasteiger partial charge in [0, 0.05) is 5.69 Å². The van der Waals surface area contributed by atoms with Crippen LogP contribution in [0.15, 0.2) is 60.7 Å². The van der Waals surface area contributed by atoms with Crippen molar-refractivity contribution in [2.45, 2.75) is 6.42 Å². The third kappa shape index (κ3) is 2.74. The van der Waals surface area contributed by atoms with Crippen molar-refractivity contribution in [1.29, 1.82) is 5.26 Å². The number of nitrogens with zero attached hydrogens (tertiary/aromatic N) is 4. The van der Waals surface area contributed by atoms with Gasteiger partial charge in [0.05, 0.1) is 18.2 Å². The monoisotopic (exact) mass is 275 g/mol. The molecule has 3 rings (SSSR count). The summed E-state index contributed by atoms with van der Waals surface area (Å²) in [6.07, 6.45) is 0.207. The van der Waals surface area contributed by atoms with Gasteiger partial charge in [0.25, 0.3) is 0 Å². The van der Waals surface area contributed by atoms with Crippen molar-refractivity contribution in [3.8, 4) is 11.8 Å². The van der Waals surface area contributed by atoms with Gasteiger partial charge >= 0.3 is 0 Å². The average molecular weight is 275 g/mol. The number of aromatic nitrogens is 3. The largest absolute Gasteiger partial charge is 0.324 e. The normalized spacial score (nSPS) is 10.0. The molecule has 1 heterocycles. The van der Waals surface area contributed by atoms with Gasteiger partial charge in [-0.25, -0.2) is 0 Å². The Balaban J connectivity index is 2.03. The van der Waals surface area contributed by atoms with E-state index >= 15 is 0 Å². The van der Waals surface area contributed by atoms with Crippen LogP contribution in [0.3, 0.4) is 0 Å². The summed E-state index contributed by atoms with van der Waals surface area (Å²) in [5, 5.41) is 20.4. The van der Waals surface area contributed by atoms with Crippen LogP contribution >= 0.6 is 0 Å². The van der Waals surface area contributed by atoms with Gasteiger partial charge in [0.1, 0.15) is 0 Å². The maximum Gasteiger partial charge on any atom is 0.233 e. The van der Waals surface area contributed by atoms with E-state index in [9.17, 15) is 0 Å². The molecule has 0 radical (unpaired) electrons. The van der Waals surface area contributed by atoms with E-state index in [-0.39, 0.29) is 6.42 Å². The maximum absolute atomic E-state index is 8.94. The van der Waals surface area contributed by atoms with Crippen molar-refractivity contribution in [3.05, 3.63) is 66.5 Å². The summed E-state index contributed by atoms with van der Waals surface area (Å²) in [4.78, 5) is 0. The van der Waals surface area contributed by atoms with Gasteiger partial charge in [0.2, 0.25) is 5.95 Å². The Morgan fingerprint density at radius 1 is 0.952 bits per heavy atom. The second kappa shape index (κ2) is 5.88. The number of nitriles is 1. The number of rotatable bonds is 4. The summed E-state index contributed by atoms with van der Waals surface area (Å²) < 4.78 is 1.86. The molecule has 102 valence electrons. The third-order valence-corrected chi connectivity index (χ3v) is 3.01. The number of para-hydroxylation sites is 2. The summed E-state index contributed by atoms with van der Waals surface area (Å²) in [5.41, 5.74) is 1.84. The minimum absolute atomic E-state index is 0.207. The number of hydrogen-bond donors (Lipinski definition) is 1. The maximum atomic E-state index is 8.94. The Bertz CT molecular complexity index is 756. The molecule has 0 bridgehead atoms. The summed E-state index contributed by atoms with van der Waals surface area (Å²) in [7, 11) is 0. The highest BCUT2D eigenvalue weighted by Crippen LogP contribution is 2.20. The van der Waals surface area contributed by atoms with Gasteiger partial charge in [-0.2, -0.15) is 5.26 Å². The fourth-order valence-electron chi connectivity index (χ4n) is 2.08. The molecule has 5 heteroatoms. The highest BCUT2D eigenvalue weighted by molar-refractivity contribution is 5.55.